The van der Waals surface area contributed by atoms with Gasteiger partial charge in [0, 0.05) is 11.3 Å². The second-order valence-corrected chi connectivity index (χ2v) is 14.4. The Kier molecular flexibility index (Phi) is 5.08. The molecule has 3 heteroatoms. The zero-order chi connectivity index (χ0) is 20.9. The molecule has 1 aromatic rings. The topological polar surface area (TPSA) is 40.5 Å². The van der Waals surface area contributed by atoms with E-state index in [0.717, 1.165) is 31.2 Å². The maximum absolute atomic E-state index is 11.8. The van der Waals surface area contributed by atoms with Crippen LogP contribution in [0.1, 0.15) is 70.4 Å². The molecule has 0 aromatic heterocycles. The van der Waals surface area contributed by atoms with Crippen molar-refractivity contribution in [3.8, 4) is 17.2 Å². The van der Waals surface area contributed by atoms with Gasteiger partial charge in [-0.05, 0) is 72.6 Å². The number of phenols is 1. The molecule has 0 spiro atoms. The fraction of sp³-hybridized carbons (Fsp3) is 0.538. The Bertz CT molecular complexity index is 935. The molecule has 1 aromatic carbocycles. The van der Waals surface area contributed by atoms with Gasteiger partial charge < -0.3 is 10.2 Å². The summed E-state index contributed by atoms with van der Waals surface area (Å²) in [6.45, 7) is 9.07. The molecule has 2 nitrogen and oxygen atoms in total. The van der Waals surface area contributed by atoms with Crippen LogP contribution < -0.4 is 0 Å². The highest BCUT2D eigenvalue weighted by atomic mass is 28.3. The van der Waals surface area contributed by atoms with E-state index >= 15 is 0 Å². The Morgan fingerprint density at radius 2 is 1.83 bits per heavy atom. The molecule has 3 atom stereocenters. The highest BCUT2D eigenvalue weighted by Crippen LogP contribution is 2.60. The number of fused-ring (bicyclic) bond motifs is 4. The molecule has 29 heavy (non-hydrogen) atoms. The van der Waals surface area contributed by atoms with E-state index in [1.165, 1.54) is 34.8 Å². The van der Waals surface area contributed by atoms with Crippen molar-refractivity contribution in [3.63, 3.8) is 0 Å². The lowest BCUT2D eigenvalue weighted by molar-refractivity contribution is 0.00617. The summed E-state index contributed by atoms with van der Waals surface area (Å²) in [5.74, 6) is 4.19. The van der Waals surface area contributed by atoms with Gasteiger partial charge in [0.2, 0.25) is 0 Å². The molecular weight excluding hydrogens is 372 g/mol. The molecule has 2 N–H and O–H groups in total. The van der Waals surface area contributed by atoms with Gasteiger partial charge in [-0.15, -0.1) is 5.54 Å². The normalized spacial score (nSPS) is 30.3. The summed E-state index contributed by atoms with van der Waals surface area (Å²) >= 11 is 0. The minimum absolute atomic E-state index is 0.250. The van der Waals surface area contributed by atoms with Crippen LogP contribution in [0, 0.1) is 16.9 Å². The van der Waals surface area contributed by atoms with E-state index in [1.54, 1.807) is 6.07 Å². The standard InChI is InChI=1S/C26H34O2Si/c1-5-29(6-2,7-3)17-16-26(28)15-13-24-23-10-8-19-18-20(27)9-11-21(19)22(23)12-14-25(24,26)4/h8-11,18,22,27-28H,5-7,12-15H2,1-4H3/t22?,25?,26-/m1/s1. The van der Waals surface area contributed by atoms with Crippen molar-refractivity contribution in [1.29, 1.82) is 0 Å². The van der Waals surface area contributed by atoms with Gasteiger partial charge in [-0.2, -0.15) is 0 Å². The Hall–Kier alpha value is -1.76. The van der Waals surface area contributed by atoms with Crippen LogP contribution in [0.2, 0.25) is 18.1 Å². The van der Waals surface area contributed by atoms with Crippen molar-refractivity contribution >= 4 is 14.1 Å². The average molecular weight is 407 g/mol. The summed E-state index contributed by atoms with van der Waals surface area (Å²) in [4.78, 5) is 0. The molecule has 0 amide bonds. The zero-order valence-corrected chi connectivity index (χ0v) is 19.3. The third kappa shape index (κ3) is 3.04. The first kappa shape index (κ1) is 20.5. The number of rotatable bonds is 3. The van der Waals surface area contributed by atoms with E-state index < -0.39 is 13.7 Å². The van der Waals surface area contributed by atoms with Gasteiger partial charge in [0.05, 0.1) is 0 Å². The molecule has 2 unspecified atom stereocenters. The summed E-state index contributed by atoms with van der Waals surface area (Å²) in [5, 5.41) is 21.6. The summed E-state index contributed by atoms with van der Waals surface area (Å²) in [5.41, 5.74) is 7.77. The smallest absolute Gasteiger partial charge is 0.137 e. The summed E-state index contributed by atoms with van der Waals surface area (Å²) in [6.07, 6.45) is 8.05. The predicted molar refractivity (Wildman–Crippen MR) is 123 cm³/mol. The quantitative estimate of drug-likeness (QED) is 0.465. The molecule has 0 radical (unpaired) electrons. The molecule has 0 saturated heterocycles. The third-order valence-electron chi connectivity index (χ3n) is 8.43. The van der Waals surface area contributed by atoms with Gasteiger partial charge >= 0.3 is 0 Å². The Morgan fingerprint density at radius 1 is 1.10 bits per heavy atom. The molecule has 0 aliphatic heterocycles. The van der Waals surface area contributed by atoms with E-state index in [1.807, 2.05) is 6.07 Å². The summed E-state index contributed by atoms with van der Waals surface area (Å²) < 4.78 is 0. The van der Waals surface area contributed by atoms with Gasteiger partial charge in [-0.1, -0.05) is 57.4 Å². The Labute approximate surface area is 176 Å². The van der Waals surface area contributed by atoms with E-state index in [-0.39, 0.29) is 5.41 Å². The molecule has 0 bridgehead atoms. The number of hydrogen-bond acceptors (Lipinski definition) is 2. The molecular formula is C26H34O2Si. The van der Waals surface area contributed by atoms with Crippen molar-refractivity contribution in [3.05, 3.63) is 46.5 Å². The number of hydrogen-bond donors (Lipinski definition) is 2. The maximum atomic E-state index is 11.8. The van der Waals surface area contributed by atoms with E-state index in [2.05, 4.69) is 57.4 Å². The fourth-order valence-corrected chi connectivity index (χ4v) is 8.42. The highest BCUT2D eigenvalue weighted by Gasteiger charge is 2.56. The minimum Gasteiger partial charge on any atom is -0.508 e. The first-order valence-corrected chi connectivity index (χ1v) is 13.9. The van der Waals surface area contributed by atoms with Crippen LogP contribution in [-0.2, 0) is 0 Å². The van der Waals surface area contributed by atoms with E-state index in [4.69, 9.17) is 0 Å². The molecule has 3 aliphatic carbocycles. The molecule has 0 heterocycles. The monoisotopic (exact) mass is 406 g/mol. The average Bonchev–Trinajstić information content (AvgIpc) is 3.00. The van der Waals surface area contributed by atoms with Crippen molar-refractivity contribution in [2.24, 2.45) is 5.41 Å². The fourth-order valence-electron chi connectivity index (χ4n) is 5.92. The third-order valence-corrected chi connectivity index (χ3v) is 13.1. The zero-order valence-electron chi connectivity index (χ0n) is 18.3. The molecule has 3 aliphatic rings. The second kappa shape index (κ2) is 7.18. The molecule has 1 fully saturated rings. The number of aliphatic hydroxyl groups is 1. The number of phenolic OH excluding ortho intramolecular Hbond substituents is 1. The van der Waals surface area contributed by atoms with Crippen LogP contribution in [0.4, 0.5) is 0 Å². The Morgan fingerprint density at radius 3 is 2.52 bits per heavy atom. The minimum atomic E-state index is -1.58. The second-order valence-electron chi connectivity index (χ2n) is 9.46. The largest absolute Gasteiger partial charge is 0.508 e. The number of aromatic hydroxyl groups is 1. The lowest BCUT2D eigenvalue weighted by Gasteiger charge is -2.44. The first-order valence-electron chi connectivity index (χ1n) is 11.3. The van der Waals surface area contributed by atoms with E-state index in [0.29, 0.717) is 11.7 Å². The summed E-state index contributed by atoms with van der Waals surface area (Å²) in [7, 11) is -1.58. The lowest BCUT2D eigenvalue weighted by Crippen LogP contribution is -2.44. The SMILES string of the molecule is CC[Si](C#C[C@]1(O)CCC2=C3C=Cc4cc(O)ccc4C3CCC21C)(CC)CC. The molecule has 154 valence electrons. The lowest BCUT2D eigenvalue weighted by atomic mass is 9.61. The van der Waals surface area contributed by atoms with Gasteiger partial charge in [0.1, 0.15) is 19.4 Å². The molecule has 1 saturated carbocycles. The van der Waals surface area contributed by atoms with Crippen LogP contribution in [0.5, 0.6) is 5.75 Å². The van der Waals surface area contributed by atoms with Crippen molar-refractivity contribution in [1.82, 2.24) is 0 Å². The van der Waals surface area contributed by atoms with E-state index in [9.17, 15) is 10.2 Å². The summed E-state index contributed by atoms with van der Waals surface area (Å²) in [6, 6.07) is 9.25. The first-order chi connectivity index (χ1) is 13.8. The van der Waals surface area contributed by atoms with Crippen LogP contribution >= 0.6 is 0 Å². The van der Waals surface area contributed by atoms with Crippen molar-refractivity contribution < 1.29 is 10.2 Å². The van der Waals surface area contributed by atoms with Crippen LogP contribution in [0.15, 0.2) is 35.4 Å². The Balaban J connectivity index is 1.75. The van der Waals surface area contributed by atoms with Crippen LogP contribution in [0.3, 0.4) is 0 Å². The highest BCUT2D eigenvalue weighted by molar-refractivity contribution is 6.87. The van der Waals surface area contributed by atoms with Gasteiger partial charge in [0.15, 0.2) is 0 Å². The van der Waals surface area contributed by atoms with Gasteiger partial charge in [0.25, 0.3) is 0 Å². The maximum Gasteiger partial charge on any atom is 0.137 e. The predicted octanol–water partition coefficient (Wildman–Crippen LogP) is 6.18. The van der Waals surface area contributed by atoms with Crippen LogP contribution in [0.25, 0.3) is 6.08 Å². The molecule has 4 rings (SSSR count). The van der Waals surface area contributed by atoms with Gasteiger partial charge in [-0.25, -0.2) is 0 Å². The van der Waals surface area contributed by atoms with Crippen molar-refractivity contribution in [2.75, 3.05) is 0 Å². The number of allylic oxidation sites excluding steroid dienone is 2. The number of benzene rings is 1. The van der Waals surface area contributed by atoms with Crippen molar-refractivity contribution in [2.45, 2.75) is 83.0 Å². The van der Waals surface area contributed by atoms with Crippen LogP contribution in [-0.4, -0.2) is 23.9 Å². The van der Waals surface area contributed by atoms with Gasteiger partial charge in [-0.3, -0.25) is 0 Å².